The van der Waals surface area contributed by atoms with Gasteiger partial charge in [0.25, 0.3) is 5.91 Å². The Bertz CT molecular complexity index is 1030. The van der Waals surface area contributed by atoms with Crippen molar-refractivity contribution in [3.63, 3.8) is 0 Å². The van der Waals surface area contributed by atoms with Crippen LogP contribution in [0.25, 0.3) is 5.65 Å². The Morgan fingerprint density at radius 3 is 2.69 bits per heavy atom. The molecule has 29 heavy (non-hydrogen) atoms. The lowest BCUT2D eigenvalue weighted by Gasteiger charge is -2.29. The summed E-state index contributed by atoms with van der Waals surface area (Å²) in [4.78, 5) is 18.4. The summed E-state index contributed by atoms with van der Waals surface area (Å²) in [5, 5.41) is 2.57. The maximum absolute atomic E-state index is 13.6. The molecule has 4 rings (SSSR count). The Morgan fingerprint density at radius 2 is 1.93 bits per heavy atom. The van der Waals surface area contributed by atoms with E-state index in [1.54, 1.807) is 41.2 Å². The van der Waals surface area contributed by atoms with Gasteiger partial charge in [0.2, 0.25) is 0 Å². The highest BCUT2D eigenvalue weighted by atomic mass is 19.4. The fourth-order valence-corrected chi connectivity index (χ4v) is 3.33. The Morgan fingerprint density at radius 1 is 1.14 bits per heavy atom. The Kier molecular flexibility index (Phi) is 5.14. The van der Waals surface area contributed by atoms with E-state index in [1.165, 1.54) is 6.07 Å². The molecule has 6 nitrogen and oxygen atoms in total. The number of carbonyl (C=O) groups is 1. The van der Waals surface area contributed by atoms with E-state index in [1.807, 2.05) is 4.90 Å². The van der Waals surface area contributed by atoms with E-state index < -0.39 is 17.6 Å². The van der Waals surface area contributed by atoms with Crippen molar-refractivity contribution >= 4 is 17.2 Å². The van der Waals surface area contributed by atoms with Crippen molar-refractivity contribution in [2.75, 3.05) is 31.2 Å². The van der Waals surface area contributed by atoms with E-state index in [2.05, 4.69) is 10.3 Å². The van der Waals surface area contributed by atoms with Crippen LogP contribution in [0.15, 0.2) is 48.9 Å². The third-order valence-electron chi connectivity index (χ3n) is 4.87. The lowest BCUT2D eigenvalue weighted by Crippen LogP contribution is -2.36. The molecule has 0 radical (unpaired) electrons. The molecule has 0 aliphatic carbocycles. The number of rotatable bonds is 4. The number of carbonyl (C=O) groups excluding carboxylic acids is 1. The van der Waals surface area contributed by atoms with E-state index in [9.17, 15) is 18.0 Å². The first kappa shape index (κ1) is 19.3. The molecule has 1 amide bonds. The molecule has 1 aliphatic heterocycles. The summed E-state index contributed by atoms with van der Waals surface area (Å²) in [5.74, 6) is -0.458. The molecule has 3 aromatic rings. The van der Waals surface area contributed by atoms with Crippen molar-refractivity contribution in [1.82, 2.24) is 14.7 Å². The summed E-state index contributed by atoms with van der Waals surface area (Å²) in [6.45, 7) is 1.84. The molecular formula is C20H19F3N4O2. The summed E-state index contributed by atoms with van der Waals surface area (Å²) in [6, 6.07) is 7.39. The first-order chi connectivity index (χ1) is 13.9. The molecule has 9 heteroatoms. The SMILES string of the molecule is O=C(NCc1ccc(N2CCOCC2)cc1C(F)(F)F)c1ccn2ccnc2c1. The zero-order valence-corrected chi connectivity index (χ0v) is 15.4. The molecule has 1 N–H and O–H groups in total. The maximum Gasteiger partial charge on any atom is 0.416 e. The topological polar surface area (TPSA) is 58.9 Å². The first-order valence-corrected chi connectivity index (χ1v) is 9.15. The van der Waals surface area contributed by atoms with Crippen LogP contribution in [0.4, 0.5) is 18.9 Å². The number of pyridine rings is 1. The monoisotopic (exact) mass is 404 g/mol. The zero-order chi connectivity index (χ0) is 20.4. The number of hydrogen-bond acceptors (Lipinski definition) is 4. The van der Waals surface area contributed by atoms with E-state index in [0.29, 0.717) is 43.2 Å². The van der Waals surface area contributed by atoms with Gasteiger partial charge in [-0.15, -0.1) is 0 Å². The number of amides is 1. The largest absolute Gasteiger partial charge is 0.416 e. The molecule has 0 saturated carbocycles. The third kappa shape index (κ3) is 4.19. The third-order valence-corrected chi connectivity index (χ3v) is 4.87. The lowest BCUT2D eigenvalue weighted by molar-refractivity contribution is -0.138. The number of ether oxygens (including phenoxy) is 1. The molecule has 3 heterocycles. The van der Waals surface area contributed by atoms with Crippen LogP contribution in [-0.2, 0) is 17.5 Å². The van der Waals surface area contributed by atoms with Crippen LogP contribution in [-0.4, -0.2) is 41.6 Å². The van der Waals surface area contributed by atoms with Gasteiger partial charge in [-0.05, 0) is 29.8 Å². The highest BCUT2D eigenvalue weighted by Gasteiger charge is 2.34. The van der Waals surface area contributed by atoms with Crippen LogP contribution in [0.3, 0.4) is 0 Å². The van der Waals surface area contributed by atoms with Crippen LogP contribution in [0.1, 0.15) is 21.5 Å². The van der Waals surface area contributed by atoms with Gasteiger partial charge in [0, 0.05) is 49.5 Å². The maximum atomic E-state index is 13.6. The second-order valence-corrected chi connectivity index (χ2v) is 6.73. The number of halogens is 3. The van der Waals surface area contributed by atoms with Gasteiger partial charge in [-0.2, -0.15) is 13.2 Å². The molecule has 1 aliphatic rings. The Hall–Kier alpha value is -3.07. The highest BCUT2D eigenvalue weighted by Crippen LogP contribution is 2.35. The van der Waals surface area contributed by atoms with Gasteiger partial charge >= 0.3 is 6.18 Å². The average molecular weight is 404 g/mol. The first-order valence-electron chi connectivity index (χ1n) is 9.15. The van der Waals surface area contributed by atoms with Crippen LogP contribution < -0.4 is 10.2 Å². The van der Waals surface area contributed by atoms with E-state index in [0.717, 1.165) is 6.07 Å². The summed E-state index contributed by atoms with van der Waals surface area (Å²) in [6.07, 6.45) is 0.498. The average Bonchev–Trinajstić information content (AvgIpc) is 3.20. The minimum atomic E-state index is -4.52. The summed E-state index contributed by atoms with van der Waals surface area (Å²) in [7, 11) is 0. The number of fused-ring (bicyclic) bond motifs is 1. The number of morpholine rings is 1. The second-order valence-electron chi connectivity index (χ2n) is 6.73. The molecule has 152 valence electrons. The van der Waals surface area contributed by atoms with Crippen LogP contribution in [0, 0.1) is 0 Å². The summed E-state index contributed by atoms with van der Waals surface area (Å²) >= 11 is 0. The molecule has 0 spiro atoms. The summed E-state index contributed by atoms with van der Waals surface area (Å²) < 4.78 is 47.8. The Labute approximate surface area is 164 Å². The number of alkyl halides is 3. The highest BCUT2D eigenvalue weighted by molar-refractivity contribution is 5.95. The molecular weight excluding hydrogens is 385 g/mol. The van der Waals surface area contributed by atoms with Gasteiger partial charge in [-0.3, -0.25) is 4.79 Å². The standard InChI is InChI=1S/C20H19F3N4O2/c21-20(22,23)17-12-16(26-7-9-29-10-8-26)2-1-15(17)13-25-19(28)14-3-5-27-6-4-24-18(27)11-14/h1-6,11-12H,7-10,13H2,(H,25,28). The predicted octanol–water partition coefficient (Wildman–Crippen LogP) is 3.12. The molecule has 0 atom stereocenters. The minimum Gasteiger partial charge on any atom is -0.378 e. The fourth-order valence-electron chi connectivity index (χ4n) is 3.33. The van der Waals surface area contributed by atoms with Crippen molar-refractivity contribution < 1.29 is 22.7 Å². The van der Waals surface area contributed by atoms with Crippen LogP contribution in [0.2, 0.25) is 0 Å². The zero-order valence-electron chi connectivity index (χ0n) is 15.4. The number of nitrogens with one attached hydrogen (secondary N) is 1. The van der Waals surface area contributed by atoms with E-state index in [4.69, 9.17) is 4.74 Å². The Balaban J connectivity index is 1.53. The molecule has 1 fully saturated rings. The predicted molar refractivity (Wildman–Crippen MR) is 101 cm³/mol. The van der Waals surface area contributed by atoms with Crippen molar-refractivity contribution in [1.29, 1.82) is 0 Å². The lowest BCUT2D eigenvalue weighted by atomic mass is 10.0. The number of anilines is 1. The van der Waals surface area contributed by atoms with Gasteiger partial charge in [0.15, 0.2) is 0 Å². The quantitative estimate of drug-likeness (QED) is 0.726. The van der Waals surface area contributed by atoms with Gasteiger partial charge in [0.05, 0.1) is 18.8 Å². The van der Waals surface area contributed by atoms with Crippen molar-refractivity contribution in [2.24, 2.45) is 0 Å². The molecule has 1 saturated heterocycles. The normalized spacial score (nSPS) is 14.9. The van der Waals surface area contributed by atoms with Gasteiger partial charge in [-0.1, -0.05) is 6.07 Å². The van der Waals surface area contributed by atoms with E-state index >= 15 is 0 Å². The molecule has 1 aromatic carbocycles. The smallest absolute Gasteiger partial charge is 0.378 e. The van der Waals surface area contributed by atoms with E-state index in [-0.39, 0.29) is 12.1 Å². The number of hydrogen-bond donors (Lipinski definition) is 1. The second kappa shape index (κ2) is 7.75. The number of imidazole rings is 1. The summed E-state index contributed by atoms with van der Waals surface area (Å²) in [5.41, 5.74) is 0.696. The van der Waals surface area contributed by atoms with Crippen molar-refractivity contribution in [3.05, 3.63) is 65.6 Å². The minimum absolute atomic E-state index is 0.0183. The van der Waals surface area contributed by atoms with Crippen molar-refractivity contribution in [2.45, 2.75) is 12.7 Å². The molecule has 2 aromatic heterocycles. The number of nitrogens with zero attached hydrogens (tertiary/aromatic N) is 3. The molecule has 0 bridgehead atoms. The van der Waals surface area contributed by atoms with Crippen molar-refractivity contribution in [3.8, 4) is 0 Å². The fraction of sp³-hybridized carbons (Fsp3) is 0.300. The number of aromatic nitrogens is 2. The number of benzene rings is 1. The van der Waals surface area contributed by atoms with Gasteiger partial charge in [-0.25, -0.2) is 4.98 Å². The van der Waals surface area contributed by atoms with Crippen LogP contribution in [0.5, 0.6) is 0 Å². The van der Waals surface area contributed by atoms with Gasteiger partial charge in [0.1, 0.15) is 5.65 Å². The molecule has 0 unspecified atom stereocenters. The van der Waals surface area contributed by atoms with Gasteiger partial charge < -0.3 is 19.4 Å². The van der Waals surface area contributed by atoms with Crippen LogP contribution >= 0.6 is 0 Å².